The maximum atomic E-state index is 12.1. The third kappa shape index (κ3) is 4.82. The molecule has 4 atom stereocenters. The Kier molecular flexibility index (Phi) is 5.67. The number of carbonyl (C=O) groups is 1. The lowest BCUT2D eigenvalue weighted by Crippen LogP contribution is -2.41. The van der Waals surface area contributed by atoms with E-state index < -0.39 is 0 Å². The normalized spacial score (nSPS) is 35.2. The summed E-state index contributed by atoms with van der Waals surface area (Å²) in [5.41, 5.74) is 1.46. The van der Waals surface area contributed by atoms with E-state index in [1.165, 1.54) is 5.57 Å². The second-order valence-electron chi connectivity index (χ2n) is 7.76. The van der Waals surface area contributed by atoms with E-state index in [2.05, 4.69) is 39.6 Å². The van der Waals surface area contributed by atoms with Crippen molar-refractivity contribution >= 4 is 5.91 Å². The van der Waals surface area contributed by atoms with Crippen LogP contribution in [0.2, 0.25) is 0 Å². The number of rotatable bonds is 4. The molecule has 2 aliphatic rings. The minimum atomic E-state index is -0.0371. The summed E-state index contributed by atoms with van der Waals surface area (Å²) in [6.07, 6.45) is 3.61. The van der Waals surface area contributed by atoms with Crippen LogP contribution >= 0.6 is 0 Å². The zero-order valence-electron chi connectivity index (χ0n) is 14.5. The van der Waals surface area contributed by atoms with E-state index in [0.717, 1.165) is 25.9 Å². The van der Waals surface area contributed by atoms with Crippen molar-refractivity contribution in [3.63, 3.8) is 0 Å². The molecule has 2 heterocycles. The molecule has 1 amide bonds. The lowest BCUT2D eigenvalue weighted by molar-refractivity contribution is -0.128. The van der Waals surface area contributed by atoms with Gasteiger partial charge in [0, 0.05) is 12.5 Å². The summed E-state index contributed by atoms with van der Waals surface area (Å²) in [5, 5.41) is 2.99. The molecule has 126 valence electrons. The van der Waals surface area contributed by atoms with Crippen LogP contribution in [0.15, 0.2) is 12.2 Å². The van der Waals surface area contributed by atoms with Gasteiger partial charge in [0.25, 0.3) is 0 Å². The van der Waals surface area contributed by atoms with Crippen LogP contribution in [0.5, 0.6) is 0 Å². The van der Waals surface area contributed by atoms with Crippen molar-refractivity contribution in [3.05, 3.63) is 12.2 Å². The van der Waals surface area contributed by atoms with E-state index in [9.17, 15) is 4.79 Å². The van der Waals surface area contributed by atoms with Gasteiger partial charge in [0.15, 0.2) is 0 Å². The maximum absolute atomic E-state index is 12.1. The number of carbonyl (C=O) groups excluding carboxylic acids is 1. The van der Waals surface area contributed by atoms with Crippen LogP contribution in [0.4, 0.5) is 0 Å². The first-order valence-corrected chi connectivity index (χ1v) is 8.48. The third-order valence-corrected chi connectivity index (χ3v) is 5.04. The molecule has 0 bridgehead atoms. The zero-order chi connectivity index (χ0) is 16.3. The highest BCUT2D eigenvalue weighted by atomic mass is 16.5. The number of amides is 1. The Morgan fingerprint density at radius 2 is 2.09 bits per heavy atom. The van der Waals surface area contributed by atoms with Crippen LogP contribution in [-0.4, -0.2) is 37.4 Å². The fourth-order valence-electron chi connectivity index (χ4n) is 3.12. The molecule has 2 saturated heterocycles. The van der Waals surface area contributed by atoms with E-state index in [1.54, 1.807) is 0 Å². The Bertz CT molecular complexity index is 409. The largest absolute Gasteiger partial charge is 0.376 e. The Hall–Kier alpha value is -0.870. The van der Waals surface area contributed by atoms with Gasteiger partial charge in [-0.2, -0.15) is 0 Å². The van der Waals surface area contributed by atoms with Gasteiger partial charge >= 0.3 is 0 Å². The lowest BCUT2D eigenvalue weighted by atomic mass is 9.85. The summed E-state index contributed by atoms with van der Waals surface area (Å²) in [7, 11) is 0. The van der Waals surface area contributed by atoms with Crippen LogP contribution in [0, 0.1) is 11.3 Å². The van der Waals surface area contributed by atoms with Crippen molar-refractivity contribution in [3.8, 4) is 0 Å². The molecule has 4 nitrogen and oxygen atoms in total. The number of hydrogen-bond acceptors (Lipinski definition) is 3. The molecule has 4 heteroatoms. The smallest absolute Gasteiger partial charge is 0.222 e. The van der Waals surface area contributed by atoms with Gasteiger partial charge in [-0.05, 0) is 31.6 Å². The molecule has 0 aromatic carbocycles. The first-order valence-electron chi connectivity index (χ1n) is 8.48. The van der Waals surface area contributed by atoms with Crippen molar-refractivity contribution in [2.45, 2.75) is 71.7 Å². The van der Waals surface area contributed by atoms with Crippen LogP contribution in [0.1, 0.15) is 53.4 Å². The van der Waals surface area contributed by atoms with Gasteiger partial charge in [-0.15, -0.1) is 0 Å². The average Bonchev–Trinajstić information content (AvgIpc) is 2.43. The van der Waals surface area contributed by atoms with Gasteiger partial charge in [0.1, 0.15) is 0 Å². The summed E-state index contributed by atoms with van der Waals surface area (Å²) in [6.45, 7) is 14.1. The molecule has 0 spiro atoms. The van der Waals surface area contributed by atoms with E-state index in [-0.39, 0.29) is 29.6 Å². The molecular weight excluding hydrogens is 278 g/mol. The molecule has 22 heavy (non-hydrogen) atoms. The quantitative estimate of drug-likeness (QED) is 0.812. The second-order valence-corrected chi connectivity index (χ2v) is 7.76. The highest BCUT2D eigenvalue weighted by Crippen LogP contribution is 2.30. The van der Waals surface area contributed by atoms with Gasteiger partial charge in [0.05, 0.1) is 31.3 Å². The number of ether oxygens (including phenoxy) is 2. The fraction of sp³-hybridized carbons (Fsp3) is 0.833. The van der Waals surface area contributed by atoms with Crippen molar-refractivity contribution < 1.29 is 14.3 Å². The minimum absolute atomic E-state index is 0.0371. The van der Waals surface area contributed by atoms with Gasteiger partial charge < -0.3 is 14.8 Å². The molecule has 4 unspecified atom stereocenters. The molecule has 0 radical (unpaired) electrons. The fourth-order valence-corrected chi connectivity index (χ4v) is 3.12. The molecule has 0 aromatic heterocycles. The lowest BCUT2D eigenvalue weighted by Gasteiger charge is -2.35. The first kappa shape index (κ1) is 17.5. The molecule has 0 aromatic rings. The minimum Gasteiger partial charge on any atom is -0.376 e. The average molecular weight is 309 g/mol. The summed E-state index contributed by atoms with van der Waals surface area (Å²) in [4.78, 5) is 12.1. The maximum Gasteiger partial charge on any atom is 0.222 e. The van der Waals surface area contributed by atoms with Gasteiger partial charge in [0.2, 0.25) is 5.91 Å². The van der Waals surface area contributed by atoms with Crippen molar-refractivity contribution in [1.29, 1.82) is 0 Å². The Morgan fingerprint density at radius 3 is 2.68 bits per heavy atom. The molecule has 2 aliphatic heterocycles. The molecular formula is C18H31NO3. The molecule has 1 N–H and O–H groups in total. The monoisotopic (exact) mass is 309 g/mol. The van der Waals surface area contributed by atoms with Gasteiger partial charge in [-0.25, -0.2) is 0 Å². The molecule has 0 saturated carbocycles. The van der Waals surface area contributed by atoms with Crippen molar-refractivity contribution in [2.24, 2.45) is 11.3 Å². The first-order chi connectivity index (χ1) is 10.3. The van der Waals surface area contributed by atoms with Crippen molar-refractivity contribution in [1.82, 2.24) is 5.32 Å². The van der Waals surface area contributed by atoms with E-state index in [1.807, 2.05) is 0 Å². The summed E-state index contributed by atoms with van der Waals surface area (Å²) in [6, 6.07) is 0. The standard InChI is InChI=1S/C18H31NO3/c1-12-8-16(22-14(3)13(12)2)9-17(20)19-10-15-6-7-18(4,5)11-21-15/h13-16H,1,6-11H2,2-5H3,(H,19,20). The van der Waals surface area contributed by atoms with E-state index in [0.29, 0.717) is 18.9 Å². The highest BCUT2D eigenvalue weighted by molar-refractivity contribution is 5.76. The Morgan fingerprint density at radius 1 is 1.36 bits per heavy atom. The molecule has 2 fully saturated rings. The number of hydrogen-bond donors (Lipinski definition) is 1. The topological polar surface area (TPSA) is 47.6 Å². The van der Waals surface area contributed by atoms with Gasteiger partial charge in [-0.3, -0.25) is 4.79 Å². The van der Waals surface area contributed by atoms with Crippen LogP contribution in [0.25, 0.3) is 0 Å². The predicted molar refractivity (Wildman–Crippen MR) is 87.6 cm³/mol. The predicted octanol–water partition coefficient (Wildman–Crippen LogP) is 3.07. The number of nitrogens with one attached hydrogen (secondary N) is 1. The SMILES string of the molecule is C=C1CC(CC(=O)NCC2CCC(C)(C)CO2)OC(C)C1C. The second kappa shape index (κ2) is 7.14. The van der Waals surface area contributed by atoms with Crippen LogP contribution < -0.4 is 5.32 Å². The van der Waals surface area contributed by atoms with Crippen LogP contribution in [0.3, 0.4) is 0 Å². The summed E-state index contributed by atoms with van der Waals surface area (Å²) in [5.74, 6) is 0.422. The summed E-state index contributed by atoms with van der Waals surface area (Å²) < 4.78 is 11.7. The Labute approximate surface area is 134 Å². The molecule has 2 rings (SSSR count). The van der Waals surface area contributed by atoms with E-state index >= 15 is 0 Å². The highest BCUT2D eigenvalue weighted by Gasteiger charge is 2.30. The third-order valence-electron chi connectivity index (χ3n) is 5.04. The zero-order valence-corrected chi connectivity index (χ0v) is 14.5. The summed E-state index contributed by atoms with van der Waals surface area (Å²) >= 11 is 0. The molecule has 0 aliphatic carbocycles. The van der Waals surface area contributed by atoms with Crippen molar-refractivity contribution in [2.75, 3.05) is 13.2 Å². The van der Waals surface area contributed by atoms with Gasteiger partial charge in [-0.1, -0.05) is 32.9 Å². The van der Waals surface area contributed by atoms with Crippen LogP contribution in [-0.2, 0) is 14.3 Å². The van der Waals surface area contributed by atoms with E-state index in [4.69, 9.17) is 9.47 Å². The Balaban J connectivity index is 1.69.